The predicted octanol–water partition coefficient (Wildman–Crippen LogP) is 6.80. The molecule has 0 radical (unpaired) electrons. The molecule has 1 heteroatoms. The van der Waals surface area contributed by atoms with E-state index in [0.29, 0.717) is 0 Å². The van der Waals surface area contributed by atoms with Crippen LogP contribution in [0.4, 0.5) is 0 Å². The monoisotopic (exact) mass is 304 g/mol. The zero-order valence-corrected chi connectivity index (χ0v) is 15.7. The summed E-state index contributed by atoms with van der Waals surface area (Å²) in [6.45, 7) is 12.6. The van der Waals surface area contributed by atoms with Gasteiger partial charge in [0.15, 0.2) is 5.78 Å². The fraction of sp³-hybridized carbons (Fsp3) is 0.667. The van der Waals surface area contributed by atoms with Crippen molar-refractivity contribution in [2.45, 2.75) is 86.5 Å². The molecule has 22 heavy (non-hydrogen) atoms. The first-order chi connectivity index (χ1) is 10.3. The molecule has 126 valence electrons. The van der Waals surface area contributed by atoms with E-state index < -0.39 is 0 Å². The second-order valence-corrected chi connectivity index (χ2v) is 7.05. The average Bonchev–Trinajstić information content (AvgIpc) is 2.37. The quantitative estimate of drug-likeness (QED) is 0.303. The second-order valence-electron chi connectivity index (χ2n) is 7.05. The lowest BCUT2D eigenvalue weighted by atomic mass is 9.96. The maximum absolute atomic E-state index is 11.0. The molecule has 0 aromatic heterocycles. The van der Waals surface area contributed by atoms with E-state index in [0.717, 1.165) is 18.8 Å². The maximum atomic E-state index is 11.0. The zero-order chi connectivity index (χ0) is 17.0. The molecule has 1 nitrogen and oxygen atoms in total. The zero-order valence-electron chi connectivity index (χ0n) is 15.7. The summed E-state index contributed by atoms with van der Waals surface area (Å²) in [6, 6.07) is 0. The average molecular weight is 305 g/mol. The Bertz CT molecular complexity index is 406. The maximum Gasteiger partial charge on any atom is 0.152 e. The van der Waals surface area contributed by atoms with Gasteiger partial charge in [0.1, 0.15) is 0 Å². The van der Waals surface area contributed by atoms with E-state index in [2.05, 4.69) is 39.8 Å². The Kier molecular flexibility index (Phi) is 11.8. The highest BCUT2D eigenvalue weighted by Crippen LogP contribution is 2.18. The molecule has 0 spiro atoms. The molecular formula is C21H36O. The van der Waals surface area contributed by atoms with Gasteiger partial charge in [0.05, 0.1) is 0 Å². The highest BCUT2D eigenvalue weighted by molar-refractivity contribution is 5.87. The van der Waals surface area contributed by atoms with Crippen LogP contribution in [-0.4, -0.2) is 5.78 Å². The third kappa shape index (κ3) is 13.9. The van der Waals surface area contributed by atoms with E-state index in [-0.39, 0.29) is 5.78 Å². The molecule has 1 unspecified atom stereocenters. The summed E-state index contributed by atoms with van der Waals surface area (Å²) >= 11 is 0. The molecular weight excluding hydrogens is 268 g/mol. The molecule has 0 aliphatic heterocycles. The number of ketones is 1. The van der Waals surface area contributed by atoms with Crippen molar-refractivity contribution in [3.63, 3.8) is 0 Å². The van der Waals surface area contributed by atoms with Crippen molar-refractivity contribution in [1.29, 1.82) is 0 Å². The van der Waals surface area contributed by atoms with Crippen molar-refractivity contribution in [3.05, 3.63) is 34.9 Å². The van der Waals surface area contributed by atoms with Gasteiger partial charge in [-0.25, -0.2) is 0 Å². The van der Waals surface area contributed by atoms with E-state index in [1.807, 2.05) is 6.92 Å². The van der Waals surface area contributed by atoms with Crippen molar-refractivity contribution < 1.29 is 4.79 Å². The van der Waals surface area contributed by atoms with Gasteiger partial charge in [0.2, 0.25) is 0 Å². The highest BCUT2D eigenvalue weighted by Gasteiger charge is 2.01. The van der Waals surface area contributed by atoms with Crippen LogP contribution in [0.1, 0.15) is 86.5 Å². The third-order valence-electron chi connectivity index (χ3n) is 3.96. The largest absolute Gasteiger partial charge is 0.295 e. The molecule has 0 N–H and O–H groups in total. The van der Waals surface area contributed by atoms with E-state index in [4.69, 9.17) is 0 Å². The standard InChI is InChI=1S/C21H36O/c1-17(2)10-7-11-18(3)12-8-13-19(4)14-9-15-20(5)16-21(6)22/h10,14,16,18H,7-9,11-13,15H2,1-6H3. The van der Waals surface area contributed by atoms with Crippen molar-refractivity contribution in [3.8, 4) is 0 Å². The minimum absolute atomic E-state index is 0.153. The molecule has 0 bridgehead atoms. The van der Waals surface area contributed by atoms with Gasteiger partial charge in [-0.15, -0.1) is 0 Å². The molecule has 0 rings (SSSR count). The van der Waals surface area contributed by atoms with Crippen LogP contribution in [0.5, 0.6) is 0 Å². The number of carbonyl (C=O) groups is 1. The van der Waals surface area contributed by atoms with Gasteiger partial charge in [0, 0.05) is 0 Å². The fourth-order valence-electron chi connectivity index (χ4n) is 2.60. The lowest BCUT2D eigenvalue weighted by Gasteiger charge is -2.10. The van der Waals surface area contributed by atoms with Crippen molar-refractivity contribution >= 4 is 5.78 Å². The van der Waals surface area contributed by atoms with E-state index in [1.54, 1.807) is 13.0 Å². The van der Waals surface area contributed by atoms with E-state index in [9.17, 15) is 4.79 Å². The van der Waals surface area contributed by atoms with Crippen molar-refractivity contribution in [1.82, 2.24) is 0 Å². The number of hydrogen-bond donors (Lipinski definition) is 0. The van der Waals surface area contributed by atoms with Crippen LogP contribution < -0.4 is 0 Å². The molecule has 0 fully saturated rings. The van der Waals surface area contributed by atoms with Gasteiger partial charge in [-0.05, 0) is 85.1 Å². The Labute approximate surface area is 138 Å². The first-order valence-electron chi connectivity index (χ1n) is 8.78. The molecule has 0 saturated carbocycles. The summed E-state index contributed by atoms with van der Waals surface area (Å²) in [4.78, 5) is 11.0. The van der Waals surface area contributed by atoms with Crippen LogP contribution in [-0.2, 0) is 4.79 Å². The fourth-order valence-corrected chi connectivity index (χ4v) is 2.60. The molecule has 0 amide bonds. The molecule has 1 atom stereocenters. The summed E-state index contributed by atoms with van der Waals surface area (Å²) in [5.74, 6) is 0.976. The lowest BCUT2D eigenvalue weighted by molar-refractivity contribution is -0.112. The summed E-state index contributed by atoms with van der Waals surface area (Å²) in [7, 11) is 0. The third-order valence-corrected chi connectivity index (χ3v) is 3.96. The van der Waals surface area contributed by atoms with Crippen LogP contribution in [0, 0.1) is 5.92 Å². The Balaban J connectivity index is 3.84. The van der Waals surface area contributed by atoms with Crippen LogP contribution >= 0.6 is 0 Å². The highest BCUT2D eigenvalue weighted by atomic mass is 16.1. The summed E-state index contributed by atoms with van der Waals surface area (Å²) < 4.78 is 0. The first-order valence-corrected chi connectivity index (χ1v) is 8.78. The topological polar surface area (TPSA) is 17.1 Å². The summed E-state index contributed by atoms with van der Waals surface area (Å²) in [6.07, 6.45) is 14.8. The van der Waals surface area contributed by atoms with Gasteiger partial charge in [-0.2, -0.15) is 0 Å². The normalized spacial score (nSPS) is 13.9. The van der Waals surface area contributed by atoms with Gasteiger partial charge in [-0.1, -0.05) is 42.2 Å². The van der Waals surface area contributed by atoms with Crippen LogP contribution in [0.3, 0.4) is 0 Å². The van der Waals surface area contributed by atoms with Gasteiger partial charge < -0.3 is 0 Å². The van der Waals surface area contributed by atoms with E-state index >= 15 is 0 Å². The Hall–Kier alpha value is -1.11. The second kappa shape index (κ2) is 12.4. The molecule has 0 aliphatic rings. The van der Waals surface area contributed by atoms with E-state index in [1.165, 1.54) is 48.8 Å². The van der Waals surface area contributed by atoms with Crippen LogP contribution in [0.15, 0.2) is 34.9 Å². The Morgan fingerprint density at radius 3 is 2.14 bits per heavy atom. The number of hydrogen-bond acceptors (Lipinski definition) is 1. The van der Waals surface area contributed by atoms with Gasteiger partial charge >= 0.3 is 0 Å². The first kappa shape index (κ1) is 20.9. The minimum atomic E-state index is 0.153. The smallest absolute Gasteiger partial charge is 0.152 e. The molecule has 0 aromatic rings. The molecule has 0 heterocycles. The van der Waals surface area contributed by atoms with Crippen molar-refractivity contribution in [2.24, 2.45) is 5.92 Å². The number of rotatable bonds is 11. The Morgan fingerprint density at radius 2 is 1.55 bits per heavy atom. The molecule has 0 saturated heterocycles. The lowest BCUT2D eigenvalue weighted by Crippen LogP contribution is -1.94. The van der Waals surface area contributed by atoms with Gasteiger partial charge in [-0.3, -0.25) is 4.79 Å². The Morgan fingerprint density at radius 1 is 0.864 bits per heavy atom. The summed E-state index contributed by atoms with van der Waals surface area (Å²) in [5.41, 5.74) is 4.11. The SMILES string of the molecule is CC(=O)C=C(C)CCC=C(C)CCCC(C)CCC=C(C)C. The molecule has 0 aliphatic carbocycles. The molecule has 0 aromatic carbocycles. The number of allylic oxidation sites excluding steroid dienone is 6. The predicted molar refractivity (Wildman–Crippen MR) is 99.1 cm³/mol. The summed E-state index contributed by atoms with van der Waals surface area (Å²) in [5, 5.41) is 0. The van der Waals surface area contributed by atoms with Gasteiger partial charge in [0.25, 0.3) is 0 Å². The number of carbonyl (C=O) groups excluding carboxylic acids is 1. The van der Waals surface area contributed by atoms with Crippen LogP contribution in [0.25, 0.3) is 0 Å². The van der Waals surface area contributed by atoms with Crippen molar-refractivity contribution in [2.75, 3.05) is 0 Å². The van der Waals surface area contributed by atoms with Crippen LogP contribution in [0.2, 0.25) is 0 Å². The minimum Gasteiger partial charge on any atom is -0.295 e.